The highest BCUT2D eigenvalue weighted by Gasteiger charge is 2.28. The van der Waals surface area contributed by atoms with E-state index in [4.69, 9.17) is 9.47 Å². The van der Waals surface area contributed by atoms with Crippen molar-refractivity contribution in [3.8, 4) is 0 Å². The molecule has 8 heteroatoms. The lowest BCUT2D eigenvalue weighted by molar-refractivity contribution is -0.126. The molecule has 2 aromatic rings. The van der Waals surface area contributed by atoms with Gasteiger partial charge in [-0.05, 0) is 13.3 Å². The Kier molecular flexibility index (Phi) is 5.71. The van der Waals surface area contributed by atoms with Crippen LogP contribution in [-0.4, -0.2) is 41.2 Å². The summed E-state index contributed by atoms with van der Waals surface area (Å²) in [6, 6.07) is -0.0328. The SMILES string of the molecule is Cc1nc(CC(=O)NC2CCOCC2OCc2cscn2)cs1. The number of rotatable bonds is 6. The summed E-state index contributed by atoms with van der Waals surface area (Å²) in [5.74, 6) is -0.0236. The summed E-state index contributed by atoms with van der Waals surface area (Å²) in [6.45, 7) is 3.50. The van der Waals surface area contributed by atoms with Gasteiger partial charge in [-0.15, -0.1) is 22.7 Å². The number of ether oxygens (including phenoxy) is 2. The summed E-state index contributed by atoms with van der Waals surface area (Å²) >= 11 is 3.10. The summed E-state index contributed by atoms with van der Waals surface area (Å²) in [6.07, 6.45) is 0.913. The van der Waals surface area contributed by atoms with Crippen molar-refractivity contribution in [1.82, 2.24) is 15.3 Å². The molecule has 23 heavy (non-hydrogen) atoms. The first-order valence-electron chi connectivity index (χ1n) is 7.47. The maximum Gasteiger partial charge on any atom is 0.226 e. The van der Waals surface area contributed by atoms with Gasteiger partial charge in [-0.25, -0.2) is 9.97 Å². The molecule has 2 unspecified atom stereocenters. The Bertz CT molecular complexity index is 630. The van der Waals surface area contributed by atoms with Crippen LogP contribution >= 0.6 is 22.7 Å². The van der Waals surface area contributed by atoms with E-state index in [0.29, 0.717) is 26.2 Å². The Morgan fingerprint density at radius 2 is 2.39 bits per heavy atom. The molecule has 3 heterocycles. The molecule has 0 bridgehead atoms. The number of nitrogens with zero attached hydrogens (tertiary/aromatic N) is 2. The number of thiazole rings is 2. The molecule has 1 N–H and O–H groups in total. The lowest BCUT2D eigenvalue weighted by Gasteiger charge is -2.31. The molecule has 2 atom stereocenters. The van der Waals surface area contributed by atoms with E-state index in [-0.39, 0.29) is 18.1 Å². The van der Waals surface area contributed by atoms with Crippen molar-refractivity contribution >= 4 is 28.6 Å². The maximum atomic E-state index is 12.2. The van der Waals surface area contributed by atoms with E-state index in [9.17, 15) is 4.79 Å². The fraction of sp³-hybridized carbons (Fsp3) is 0.533. The minimum Gasteiger partial charge on any atom is -0.379 e. The fourth-order valence-electron chi connectivity index (χ4n) is 2.45. The second kappa shape index (κ2) is 7.96. The minimum atomic E-state index is -0.147. The molecule has 0 radical (unpaired) electrons. The first kappa shape index (κ1) is 16.5. The molecule has 3 rings (SSSR count). The lowest BCUT2D eigenvalue weighted by atomic mass is 10.1. The summed E-state index contributed by atoms with van der Waals surface area (Å²) < 4.78 is 11.4. The molecule has 1 aliphatic heterocycles. The van der Waals surface area contributed by atoms with Gasteiger partial charge in [0.2, 0.25) is 5.91 Å². The van der Waals surface area contributed by atoms with E-state index < -0.39 is 0 Å². The van der Waals surface area contributed by atoms with Gasteiger partial charge in [-0.2, -0.15) is 0 Å². The molecule has 2 aromatic heterocycles. The van der Waals surface area contributed by atoms with Crippen LogP contribution in [0.15, 0.2) is 16.3 Å². The summed E-state index contributed by atoms with van der Waals surface area (Å²) in [5.41, 5.74) is 3.51. The number of hydrogen-bond acceptors (Lipinski definition) is 7. The number of carbonyl (C=O) groups is 1. The Morgan fingerprint density at radius 3 is 3.13 bits per heavy atom. The van der Waals surface area contributed by atoms with Gasteiger partial charge < -0.3 is 14.8 Å². The standard InChI is InChI=1S/C15H19N3O3S2/c1-10-17-11(8-23-10)4-15(19)18-13-2-3-20-6-14(13)21-5-12-7-22-9-16-12/h7-9,13-14H,2-6H2,1H3,(H,18,19). The molecule has 0 saturated carbocycles. The number of amides is 1. The van der Waals surface area contributed by atoms with E-state index in [1.807, 2.05) is 17.7 Å². The summed E-state index contributed by atoms with van der Waals surface area (Å²) in [5, 5.41) is 7.92. The van der Waals surface area contributed by atoms with Gasteiger partial charge in [-0.1, -0.05) is 0 Å². The quantitative estimate of drug-likeness (QED) is 0.859. The molecule has 1 saturated heterocycles. The highest BCUT2D eigenvalue weighted by molar-refractivity contribution is 7.09. The average Bonchev–Trinajstić information content (AvgIpc) is 3.18. The minimum absolute atomic E-state index is 0.0236. The maximum absolute atomic E-state index is 12.2. The van der Waals surface area contributed by atoms with Crippen LogP contribution in [0.2, 0.25) is 0 Å². The van der Waals surface area contributed by atoms with Gasteiger partial charge in [0.1, 0.15) is 6.10 Å². The van der Waals surface area contributed by atoms with Gasteiger partial charge in [-0.3, -0.25) is 4.79 Å². The molecule has 6 nitrogen and oxygen atoms in total. The number of aromatic nitrogens is 2. The monoisotopic (exact) mass is 353 g/mol. The number of aryl methyl sites for hydroxylation is 1. The van der Waals surface area contributed by atoms with Gasteiger partial charge in [0.15, 0.2) is 0 Å². The third-order valence-electron chi connectivity index (χ3n) is 3.59. The zero-order valence-electron chi connectivity index (χ0n) is 12.9. The van der Waals surface area contributed by atoms with Gasteiger partial charge in [0.25, 0.3) is 0 Å². The van der Waals surface area contributed by atoms with E-state index >= 15 is 0 Å². The van der Waals surface area contributed by atoms with Crippen molar-refractivity contribution in [2.75, 3.05) is 13.2 Å². The molecule has 1 fully saturated rings. The number of nitrogens with one attached hydrogen (secondary N) is 1. The second-order valence-corrected chi connectivity index (χ2v) is 7.18. The number of hydrogen-bond donors (Lipinski definition) is 1. The van der Waals surface area contributed by atoms with Crippen molar-refractivity contribution in [3.05, 3.63) is 32.7 Å². The van der Waals surface area contributed by atoms with Crippen LogP contribution < -0.4 is 5.32 Å². The van der Waals surface area contributed by atoms with Crippen LogP contribution in [0.25, 0.3) is 0 Å². The van der Waals surface area contributed by atoms with E-state index in [1.165, 1.54) is 0 Å². The summed E-state index contributed by atoms with van der Waals surface area (Å²) in [4.78, 5) is 20.7. The highest BCUT2D eigenvalue weighted by atomic mass is 32.1. The van der Waals surface area contributed by atoms with E-state index in [1.54, 1.807) is 28.2 Å². The van der Waals surface area contributed by atoms with Crippen molar-refractivity contribution < 1.29 is 14.3 Å². The molecule has 0 spiro atoms. The molecular formula is C15H19N3O3S2. The molecule has 0 aromatic carbocycles. The molecule has 124 valence electrons. The second-order valence-electron chi connectivity index (χ2n) is 5.40. The predicted octanol–water partition coefficient (Wildman–Crippen LogP) is 1.94. The third-order valence-corrected chi connectivity index (χ3v) is 5.05. The third kappa shape index (κ3) is 4.81. The Balaban J connectivity index is 1.52. The topological polar surface area (TPSA) is 73.3 Å². The predicted molar refractivity (Wildman–Crippen MR) is 88.6 cm³/mol. The molecule has 1 aliphatic rings. The normalized spacial score (nSPS) is 21.3. The zero-order chi connectivity index (χ0) is 16.1. The smallest absolute Gasteiger partial charge is 0.226 e. The molecular weight excluding hydrogens is 334 g/mol. The lowest BCUT2D eigenvalue weighted by Crippen LogP contribution is -2.50. The van der Waals surface area contributed by atoms with Crippen molar-refractivity contribution in [2.45, 2.75) is 38.5 Å². The zero-order valence-corrected chi connectivity index (χ0v) is 14.5. The van der Waals surface area contributed by atoms with Gasteiger partial charge >= 0.3 is 0 Å². The van der Waals surface area contributed by atoms with Crippen molar-refractivity contribution in [1.29, 1.82) is 0 Å². The van der Waals surface area contributed by atoms with Crippen molar-refractivity contribution in [2.24, 2.45) is 0 Å². The average molecular weight is 353 g/mol. The van der Waals surface area contributed by atoms with Crippen LogP contribution in [0.1, 0.15) is 22.8 Å². The first-order valence-corrected chi connectivity index (χ1v) is 9.30. The van der Waals surface area contributed by atoms with Crippen LogP contribution in [0.5, 0.6) is 0 Å². The van der Waals surface area contributed by atoms with Crippen LogP contribution in [0.3, 0.4) is 0 Å². The number of carbonyl (C=O) groups excluding carboxylic acids is 1. The Morgan fingerprint density at radius 1 is 1.48 bits per heavy atom. The fourth-order valence-corrected chi connectivity index (χ4v) is 3.61. The summed E-state index contributed by atoms with van der Waals surface area (Å²) in [7, 11) is 0. The van der Waals surface area contributed by atoms with Gasteiger partial charge in [0.05, 0.1) is 47.6 Å². The van der Waals surface area contributed by atoms with Crippen LogP contribution in [0.4, 0.5) is 0 Å². The highest BCUT2D eigenvalue weighted by Crippen LogP contribution is 2.15. The van der Waals surface area contributed by atoms with Crippen LogP contribution in [0, 0.1) is 6.92 Å². The van der Waals surface area contributed by atoms with E-state index in [0.717, 1.165) is 22.8 Å². The largest absolute Gasteiger partial charge is 0.379 e. The first-order chi connectivity index (χ1) is 11.2. The Hall–Kier alpha value is -1.35. The molecule has 1 amide bonds. The Labute approximate surface area is 142 Å². The molecule has 0 aliphatic carbocycles. The van der Waals surface area contributed by atoms with Crippen LogP contribution in [-0.2, 0) is 27.3 Å². The van der Waals surface area contributed by atoms with Gasteiger partial charge in [0, 0.05) is 17.4 Å². The van der Waals surface area contributed by atoms with Crippen molar-refractivity contribution in [3.63, 3.8) is 0 Å². The van der Waals surface area contributed by atoms with E-state index in [2.05, 4.69) is 15.3 Å².